The van der Waals surface area contributed by atoms with E-state index in [1.54, 1.807) is 35.6 Å². The Morgan fingerprint density at radius 1 is 1.22 bits per heavy atom. The molecular formula is C19H26ClN5OS. The molecule has 0 aliphatic rings. The van der Waals surface area contributed by atoms with Gasteiger partial charge in [0.25, 0.3) is 0 Å². The molecule has 1 aromatic heterocycles. The predicted octanol–water partition coefficient (Wildman–Crippen LogP) is 3.83. The van der Waals surface area contributed by atoms with E-state index in [9.17, 15) is 4.79 Å². The highest BCUT2D eigenvalue weighted by molar-refractivity contribution is 7.11. The first-order valence-electron chi connectivity index (χ1n) is 9.12. The van der Waals surface area contributed by atoms with Gasteiger partial charge in [-0.05, 0) is 44.0 Å². The van der Waals surface area contributed by atoms with Crippen molar-refractivity contribution in [1.29, 1.82) is 0 Å². The summed E-state index contributed by atoms with van der Waals surface area (Å²) in [5.41, 5.74) is 0.752. The van der Waals surface area contributed by atoms with Crippen LogP contribution in [0.5, 0.6) is 0 Å². The lowest BCUT2D eigenvalue weighted by molar-refractivity contribution is -0.116. The van der Waals surface area contributed by atoms with Crippen LogP contribution in [-0.4, -0.2) is 29.9 Å². The average molecular weight is 408 g/mol. The third kappa shape index (κ3) is 7.97. The number of hydrogen-bond donors (Lipinski definition) is 3. The number of carbonyl (C=O) groups excluding carboxylic acids is 1. The van der Waals surface area contributed by atoms with Crippen molar-refractivity contribution in [2.24, 2.45) is 4.99 Å². The molecule has 0 saturated carbocycles. The number of carbonyl (C=O) groups is 1. The molecule has 1 amide bonds. The van der Waals surface area contributed by atoms with Crippen LogP contribution < -0.4 is 16.0 Å². The van der Waals surface area contributed by atoms with Gasteiger partial charge >= 0.3 is 0 Å². The van der Waals surface area contributed by atoms with Gasteiger partial charge in [-0.15, -0.1) is 11.3 Å². The summed E-state index contributed by atoms with van der Waals surface area (Å²) in [6, 6.07) is 7.08. The van der Waals surface area contributed by atoms with Gasteiger partial charge in [-0.1, -0.05) is 18.5 Å². The first-order chi connectivity index (χ1) is 13.1. The fourth-order valence-corrected chi connectivity index (χ4v) is 3.20. The second kappa shape index (κ2) is 11.6. The van der Waals surface area contributed by atoms with E-state index in [2.05, 4.69) is 32.9 Å². The number of nitrogens with one attached hydrogen (secondary N) is 3. The van der Waals surface area contributed by atoms with E-state index < -0.39 is 0 Å². The number of aromatic nitrogens is 1. The van der Waals surface area contributed by atoms with Gasteiger partial charge < -0.3 is 16.0 Å². The van der Waals surface area contributed by atoms with Crippen LogP contribution >= 0.6 is 22.9 Å². The summed E-state index contributed by atoms with van der Waals surface area (Å²) in [4.78, 5) is 22.2. The SMILES string of the molecule is CCNC(=NCc1ncc(CC)s1)NCCCC(=O)Nc1ccc(Cl)cc1. The molecule has 3 N–H and O–H groups in total. The standard InChI is InChI=1S/C19H26ClN5OS/c1-3-16-12-23-18(27-16)13-24-19(21-4-2)22-11-5-6-17(26)25-15-9-7-14(20)8-10-15/h7-10,12H,3-6,11,13H2,1-2H3,(H,25,26)(H2,21,22,24). The van der Waals surface area contributed by atoms with Gasteiger partial charge in [0.15, 0.2) is 5.96 Å². The highest BCUT2D eigenvalue weighted by Gasteiger charge is 2.04. The number of amides is 1. The lowest BCUT2D eigenvalue weighted by atomic mass is 10.2. The predicted molar refractivity (Wildman–Crippen MR) is 114 cm³/mol. The minimum Gasteiger partial charge on any atom is -0.357 e. The Morgan fingerprint density at radius 3 is 2.67 bits per heavy atom. The molecular weight excluding hydrogens is 382 g/mol. The molecule has 0 saturated heterocycles. The van der Waals surface area contributed by atoms with Gasteiger partial charge in [-0.3, -0.25) is 4.79 Å². The van der Waals surface area contributed by atoms with Crippen LogP contribution in [-0.2, 0) is 17.8 Å². The smallest absolute Gasteiger partial charge is 0.224 e. The molecule has 8 heteroatoms. The summed E-state index contributed by atoms with van der Waals surface area (Å²) in [5, 5.41) is 11.0. The summed E-state index contributed by atoms with van der Waals surface area (Å²) < 4.78 is 0. The molecule has 2 rings (SSSR count). The maximum atomic E-state index is 12.0. The molecule has 0 radical (unpaired) electrons. The zero-order valence-corrected chi connectivity index (χ0v) is 17.3. The van der Waals surface area contributed by atoms with Crippen molar-refractivity contribution >= 4 is 40.5 Å². The van der Waals surface area contributed by atoms with E-state index in [0.29, 0.717) is 31.0 Å². The summed E-state index contributed by atoms with van der Waals surface area (Å²) >= 11 is 7.53. The fourth-order valence-electron chi connectivity index (χ4n) is 2.29. The molecule has 1 heterocycles. The topological polar surface area (TPSA) is 78.4 Å². The van der Waals surface area contributed by atoms with E-state index in [0.717, 1.165) is 29.6 Å². The van der Waals surface area contributed by atoms with Crippen molar-refractivity contribution in [3.05, 3.63) is 45.4 Å². The van der Waals surface area contributed by atoms with Crippen LogP contribution in [0.1, 0.15) is 36.6 Å². The first-order valence-corrected chi connectivity index (χ1v) is 10.3. The zero-order chi connectivity index (χ0) is 19.5. The number of aliphatic imine (C=N–C) groups is 1. The van der Waals surface area contributed by atoms with Gasteiger partial charge in [0.05, 0.1) is 6.54 Å². The monoisotopic (exact) mass is 407 g/mol. The molecule has 0 fully saturated rings. The van der Waals surface area contributed by atoms with Crippen molar-refractivity contribution in [2.75, 3.05) is 18.4 Å². The van der Waals surface area contributed by atoms with Crippen molar-refractivity contribution in [3.63, 3.8) is 0 Å². The van der Waals surface area contributed by atoms with Crippen LogP contribution in [0.15, 0.2) is 35.5 Å². The summed E-state index contributed by atoms with van der Waals surface area (Å²) in [7, 11) is 0. The molecule has 27 heavy (non-hydrogen) atoms. The molecule has 0 unspecified atom stereocenters. The third-order valence-electron chi connectivity index (χ3n) is 3.67. The molecule has 2 aromatic rings. The highest BCUT2D eigenvalue weighted by Crippen LogP contribution is 2.14. The number of aryl methyl sites for hydroxylation is 1. The van der Waals surface area contributed by atoms with Crippen molar-refractivity contribution in [2.45, 2.75) is 39.7 Å². The maximum Gasteiger partial charge on any atom is 0.224 e. The van der Waals surface area contributed by atoms with E-state index in [1.807, 2.05) is 13.1 Å². The average Bonchev–Trinajstić information content (AvgIpc) is 3.13. The lowest BCUT2D eigenvalue weighted by Crippen LogP contribution is -2.38. The first kappa shape index (κ1) is 21.2. The van der Waals surface area contributed by atoms with Gasteiger partial charge in [-0.25, -0.2) is 9.98 Å². The third-order valence-corrected chi connectivity index (χ3v) is 5.05. The second-order valence-corrected chi connectivity index (χ2v) is 7.49. The molecule has 0 aliphatic heterocycles. The molecule has 1 aromatic carbocycles. The molecule has 0 bridgehead atoms. The second-order valence-electron chi connectivity index (χ2n) is 5.85. The number of hydrogen-bond acceptors (Lipinski definition) is 4. The molecule has 0 atom stereocenters. The lowest BCUT2D eigenvalue weighted by Gasteiger charge is -2.11. The van der Waals surface area contributed by atoms with Crippen molar-refractivity contribution in [3.8, 4) is 0 Å². The van der Waals surface area contributed by atoms with Crippen LogP contribution in [0, 0.1) is 0 Å². The van der Waals surface area contributed by atoms with Crippen LogP contribution in [0.25, 0.3) is 0 Å². The molecule has 146 valence electrons. The van der Waals surface area contributed by atoms with E-state index in [-0.39, 0.29) is 5.91 Å². The quantitative estimate of drug-likeness (QED) is 0.335. The van der Waals surface area contributed by atoms with E-state index in [4.69, 9.17) is 11.6 Å². The highest BCUT2D eigenvalue weighted by atomic mass is 35.5. The Morgan fingerprint density at radius 2 is 2.00 bits per heavy atom. The van der Waals surface area contributed by atoms with Crippen LogP contribution in [0.4, 0.5) is 5.69 Å². The van der Waals surface area contributed by atoms with Crippen LogP contribution in [0.2, 0.25) is 5.02 Å². The fraction of sp³-hybridized carbons (Fsp3) is 0.421. The maximum absolute atomic E-state index is 12.0. The largest absolute Gasteiger partial charge is 0.357 e. The molecule has 0 aliphatic carbocycles. The number of rotatable bonds is 9. The summed E-state index contributed by atoms with van der Waals surface area (Å²) in [6.45, 7) is 6.14. The molecule has 0 spiro atoms. The van der Waals surface area contributed by atoms with Crippen molar-refractivity contribution in [1.82, 2.24) is 15.6 Å². The normalized spacial score (nSPS) is 11.3. The number of halogens is 1. The van der Waals surface area contributed by atoms with E-state index >= 15 is 0 Å². The summed E-state index contributed by atoms with van der Waals surface area (Å²) in [6.07, 6.45) is 4.05. The number of benzene rings is 1. The molecule has 6 nitrogen and oxygen atoms in total. The van der Waals surface area contributed by atoms with Gasteiger partial charge in [0.1, 0.15) is 5.01 Å². The van der Waals surface area contributed by atoms with Crippen LogP contribution in [0.3, 0.4) is 0 Å². The Balaban J connectivity index is 1.72. The Labute approximate surface area is 169 Å². The minimum absolute atomic E-state index is 0.0176. The number of thiazole rings is 1. The summed E-state index contributed by atoms with van der Waals surface area (Å²) in [5.74, 6) is 0.722. The zero-order valence-electron chi connectivity index (χ0n) is 15.7. The van der Waals surface area contributed by atoms with Crippen molar-refractivity contribution < 1.29 is 4.79 Å². The van der Waals surface area contributed by atoms with E-state index in [1.165, 1.54) is 4.88 Å². The Kier molecular flexibility index (Phi) is 9.07. The van der Waals surface area contributed by atoms with Gasteiger partial charge in [0.2, 0.25) is 5.91 Å². The number of guanidine groups is 1. The number of anilines is 1. The minimum atomic E-state index is -0.0176. The van der Waals surface area contributed by atoms with Gasteiger partial charge in [0, 0.05) is 41.3 Å². The Hall–Kier alpha value is -2.12. The van der Waals surface area contributed by atoms with Gasteiger partial charge in [-0.2, -0.15) is 0 Å². The number of nitrogens with zero attached hydrogens (tertiary/aromatic N) is 2. The Bertz CT molecular complexity index is 745.